The smallest absolute Gasteiger partial charge is 0.433 e. The van der Waals surface area contributed by atoms with Crippen LogP contribution in [0.3, 0.4) is 0 Å². The van der Waals surface area contributed by atoms with E-state index in [2.05, 4.69) is 19.9 Å². The molecule has 4 atom stereocenters. The van der Waals surface area contributed by atoms with Crippen LogP contribution in [-0.4, -0.2) is 108 Å². The highest BCUT2D eigenvalue weighted by atomic mass is 19.4. The third kappa shape index (κ3) is 14.9. The molecule has 0 spiro atoms. The molecule has 0 unspecified atom stereocenters. The highest BCUT2D eigenvalue weighted by molar-refractivity contribution is 5.99. The molecule has 2 aliphatic heterocycles. The van der Waals surface area contributed by atoms with Gasteiger partial charge in [0.15, 0.2) is 11.6 Å². The van der Waals surface area contributed by atoms with Crippen LogP contribution >= 0.6 is 0 Å². The maximum Gasteiger partial charge on any atom is 0.433 e. The number of ketones is 2. The monoisotopic (exact) mass is 1000 g/mol. The average Bonchev–Trinajstić information content (AvgIpc) is 3.88. The molecule has 4 aromatic rings. The van der Waals surface area contributed by atoms with Crippen LogP contribution in [0.1, 0.15) is 106 Å². The Morgan fingerprint density at radius 1 is 0.648 bits per heavy atom. The third-order valence-corrected chi connectivity index (χ3v) is 10.8. The minimum atomic E-state index is -4.62. The average molecular weight is 1000 g/mol. The zero-order valence-electron chi connectivity index (χ0n) is 39.3. The highest BCUT2D eigenvalue weighted by Gasteiger charge is 2.43. The summed E-state index contributed by atoms with van der Waals surface area (Å²) in [5, 5.41) is 9.37. The number of alkyl halides is 8. The Hall–Kier alpha value is -7.12. The zero-order valence-corrected chi connectivity index (χ0v) is 39.3. The lowest BCUT2D eigenvalue weighted by molar-refractivity contribution is -0.141. The second-order valence-electron chi connectivity index (χ2n) is 18.7. The number of hydrogen-bond acceptors (Lipinski definition) is 12. The van der Waals surface area contributed by atoms with Crippen LogP contribution < -0.4 is 5.73 Å². The molecule has 71 heavy (non-hydrogen) atoms. The van der Waals surface area contributed by atoms with Crippen molar-refractivity contribution in [2.24, 2.45) is 5.73 Å². The van der Waals surface area contributed by atoms with E-state index in [1.54, 1.807) is 41.5 Å². The van der Waals surface area contributed by atoms with Crippen molar-refractivity contribution in [3.8, 4) is 28.3 Å². The molecule has 0 aliphatic carbocycles. The van der Waals surface area contributed by atoms with E-state index in [1.807, 2.05) is 6.07 Å². The number of Topliss-reactive ketones (excluding diaryl/α,β-unsaturated/α-hetero) is 2. The van der Waals surface area contributed by atoms with Gasteiger partial charge in [0, 0.05) is 78.5 Å². The normalized spacial score (nSPS) is 18.3. The van der Waals surface area contributed by atoms with Crippen molar-refractivity contribution in [3.05, 3.63) is 95.1 Å². The van der Waals surface area contributed by atoms with E-state index in [4.69, 9.17) is 15.2 Å². The van der Waals surface area contributed by atoms with Crippen molar-refractivity contribution in [3.63, 3.8) is 0 Å². The first-order valence-corrected chi connectivity index (χ1v) is 22.0. The molecule has 0 aromatic carbocycles. The Morgan fingerprint density at radius 2 is 1.06 bits per heavy atom. The van der Waals surface area contributed by atoms with Gasteiger partial charge in [-0.25, -0.2) is 18.4 Å². The van der Waals surface area contributed by atoms with Crippen LogP contribution in [-0.2, 0) is 44.3 Å². The zero-order chi connectivity index (χ0) is 52.8. The molecule has 4 aromatic heterocycles. The summed E-state index contributed by atoms with van der Waals surface area (Å²) in [5.74, 6) is -1.59. The van der Waals surface area contributed by atoms with Crippen molar-refractivity contribution >= 4 is 29.7 Å². The summed E-state index contributed by atoms with van der Waals surface area (Å²) in [7, 11) is 0. The van der Waals surface area contributed by atoms with E-state index in [-0.39, 0.29) is 91.0 Å². The molecule has 0 bridgehead atoms. The first kappa shape index (κ1) is 54.8. The third-order valence-electron chi connectivity index (χ3n) is 10.8. The molecular weight excluding hydrogens is 953 g/mol. The fraction of sp³-hybridized carbons (Fsp3) is 0.458. The number of aryl methyl sites for hydroxylation is 2. The van der Waals surface area contributed by atoms with E-state index in [9.17, 15) is 64.4 Å². The van der Waals surface area contributed by atoms with Crippen LogP contribution in [0, 0.1) is 11.3 Å². The fourth-order valence-corrected chi connectivity index (χ4v) is 7.54. The lowest BCUT2D eigenvalue weighted by Crippen LogP contribution is -2.43. The van der Waals surface area contributed by atoms with Gasteiger partial charge < -0.3 is 15.2 Å². The van der Waals surface area contributed by atoms with Gasteiger partial charge in [-0.3, -0.25) is 44.1 Å². The fourth-order valence-electron chi connectivity index (χ4n) is 7.54. The predicted molar refractivity (Wildman–Crippen MR) is 237 cm³/mol. The molecule has 3 amide bonds. The second-order valence-corrected chi connectivity index (χ2v) is 18.7. The van der Waals surface area contributed by atoms with E-state index < -0.39 is 77.5 Å². The van der Waals surface area contributed by atoms with Gasteiger partial charge in [0.05, 0.1) is 36.3 Å². The number of carbonyl (C=O) groups is 5. The minimum Gasteiger partial charge on any atom is -0.444 e. The van der Waals surface area contributed by atoms with Crippen LogP contribution in [0.15, 0.2) is 61.2 Å². The van der Waals surface area contributed by atoms with E-state index in [0.29, 0.717) is 17.0 Å². The Morgan fingerprint density at radius 3 is 1.42 bits per heavy atom. The molecular formula is C48H50F8N8O7. The van der Waals surface area contributed by atoms with Crippen molar-refractivity contribution < 1.29 is 68.6 Å². The van der Waals surface area contributed by atoms with Gasteiger partial charge in [0.2, 0.25) is 0 Å². The summed E-state index contributed by atoms with van der Waals surface area (Å²) in [6.45, 7) is 9.52. The number of amides is 3. The van der Waals surface area contributed by atoms with Crippen LogP contribution in [0.5, 0.6) is 0 Å². The van der Waals surface area contributed by atoms with Crippen LogP contribution in [0.2, 0.25) is 0 Å². The number of nitrogens with two attached hydrogens (primary N) is 1. The molecule has 2 aliphatic rings. The Balaban J connectivity index is 0.000000264. The summed E-state index contributed by atoms with van der Waals surface area (Å²) in [4.78, 5) is 79.7. The molecule has 0 radical (unpaired) electrons. The molecule has 380 valence electrons. The van der Waals surface area contributed by atoms with Gasteiger partial charge in [-0.2, -0.15) is 31.6 Å². The van der Waals surface area contributed by atoms with Gasteiger partial charge >= 0.3 is 24.5 Å². The quantitative estimate of drug-likeness (QED) is 0.140. The van der Waals surface area contributed by atoms with E-state index in [1.165, 1.54) is 30.6 Å². The van der Waals surface area contributed by atoms with E-state index in [0.717, 1.165) is 40.4 Å². The summed E-state index contributed by atoms with van der Waals surface area (Å²) >= 11 is 0. The maximum atomic E-state index is 14.1. The lowest BCUT2D eigenvalue weighted by Gasteiger charge is -2.27. The van der Waals surface area contributed by atoms with Gasteiger partial charge in [-0.15, -0.1) is 0 Å². The number of nitriles is 1. The van der Waals surface area contributed by atoms with Gasteiger partial charge in [0.25, 0.3) is 5.91 Å². The molecule has 23 heteroatoms. The number of ether oxygens (including phenoxy) is 2. The van der Waals surface area contributed by atoms with Crippen molar-refractivity contribution in [1.82, 2.24) is 29.7 Å². The van der Waals surface area contributed by atoms with Crippen molar-refractivity contribution in [2.45, 2.75) is 128 Å². The number of nitrogens with zero attached hydrogens (tertiary/aromatic N) is 7. The Kier molecular flexibility index (Phi) is 16.9. The summed E-state index contributed by atoms with van der Waals surface area (Å²) in [6.07, 6.45) is -9.23. The number of likely N-dealkylation sites (tertiary alicyclic amines) is 2. The summed E-state index contributed by atoms with van der Waals surface area (Å²) < 4.78 is 116. The molecule has 0 saturated carbocycles. The Bertz CT molecular complexity index is 2650. The number of halogens is 8. The standard InChI is InChI=1S/C24H26F4N4O4.C24H24F4N4O3/c1-23(2,3)36-22(35)32-12-14(25)8-18(32)19(33)6-5-15-9-16(17(11-30-15)21(29)34)13-4-7-20(31-10-13)24(26,27)28;1-23(2,3)35-22(34)32-13-16(25)8-19(32)20(33)6-5-17-9-18(15(10-29)12-30-17)14-4-7-21(31-11-14)24(26,27)28/h4,7,9-11,14,18H,5-6,8,12H2,1-3H3,(H2,29,34);4,7,9,11-12,16,19H,5-6,8,13H2,1-3H3/t14-,18+;16-,19+/m11/s1. The van der Waals surface area contributed by atoms with Crippen LogP contribution in [0.25, 0.3) is 22.3 Å². The largest absolute Gasteiger partial charge is 0.444 e. The van der Waals surface area contributed by atoms with E-state index >= 15 is 0 Å². The number of pyridine rings is 4. The van der Waals surface area contributed by atoms with Gasteiger partial charge in [0.1, 0.15) is 41.0 Å². The summed E-state index contributed by atoms with van der Waals surface area (Å²) in [5.41, 5.74) is 3.52. The number of hydrogen-bond donors (Lipinski definition) is 1. The van der Waals surface area contributed by atoms with Crippen molar-refractivity contribution in [2.75, 3.05) is 13.1 Å². The molecule has 2 N–H and O–H groups in total. The molecule has 15 nitrogen and oxygen atoms in total. The lowest BCUT2D eigenvalue weighted by atomic mass is 9.99. The van der Waals surface area contributed by atoms with Gasteiger partial charge in [-0.05, 0) is 84.2 Å². The first-order chi connectivity index (χ1) is 32.9. The minimum absolute atomic E-state index is 0.0289. The van der Waals surface area contributed by atoms with Gasteiger partial charge in [-0.1, -0.05) is 12.1 Å². The number of rotatable bonds is 11. The Labute approximate surface area is 402 Å². The predicted octanol–water partition coefficient (Wildman–Crippen LogP) is 8.99. The maximum absolute atomic E-state index is 14.1. The SMILES string of the molecule is CC(C)(C)OC(=O)N1C[C@H](F)C[C@H]1C(=O)CCc1cc(-c2ccc(C(F)(F)F)nc2)c(C#N)cn1.CC(C)(C)OC(=O)N1C[C@H](F)C[C@H]1C(=O)CCc1cc(-c2ccc(C(F)(F)F)nc2)c(C(N)=O)cn1. The highest BCUT2D eigenvalue weighted by Crippen LogP contribution is 2.33. The number of aromatic nitrogens is 4. The molecule has 2 fully saturated rings. The summed E-state index contributed by atoms with van der Waals surface area (Å²) in [6, 6.07) is 6.90. The van der Waals surface area contributed by atoms with Crippen molar-refractivity contribution in [1.29, 1.82) is 5.26 Å². The molecule has 6 rings (SSSR count). The molecule has 2 saturated heterocycles. The van der Waals surface area contributed by atoms with Crippen LogP contribution in [0.4, 0.5) is 44.7 Å². The molecule has 6 heterocycles. The second kappa shape index (κ2) is 21.9. The number of carbonyl (C=O) groups excluding carboxylic acids is 5. The first-order valence-electron chi connectivity index (χ1n) is 22.0. The topological polar surface area (TPSA) is 212 Å². The number of primary amides is 1.